The number of nitrogens with one attached hydrogen (secondary N) is 1. The van der Waals surface area contributed by atoms with Crippen LogP contribution < -0.4 is 5.32 Å². The minimum atomic E-state index is -0.697. The first-order valence-corrected chi connectivity index (χ1v) is 7.40. The summed E-state index contributed by atoms with van der Waals surface area (Å²) in [6, 6.07) is 3.94. The summed E-state index contributed by atoms with van der Waals surface area (Å²) in [6.45, 7) is 3.11. The fourth-order valence-corrected chi connectivity index (χ4v) is 2.81. The maximum atomic E-state index is 14.1. The molecule has 4 nitrogen and oxygen atoms in total. The fraction of sp³-hybridized carbons (Fsp3) is 0.500. The minimum absolute atomic E-state index is 0.355. The number of ether oxygens (including phenoxy) is 1. The molecule has 1 aromatic carbocycles. The van der Waals surface area contributed by atoms with Crippen molar-refractivity contribution in [3.63, 3.8) is 0 Å². The fourth-order valence-electron chi connectivity index (χ4n) is 2.43. The molecule has 2 rings (SSSR count). The molecule has 1 aromatic rings. The van der Waals surface area contributed by atoms with Crippen LogP contribution in [0.1, 0.15) is 18.0 Å². The summed E-state index contributed by atoms with van der Waals surface area (Å²) in [4.78, 5) is 14.1. The van der Waals surface area contributed by atoms with Crippen molar-refractivity contribution in [1.82, 2.24) is 10.2 Å². The molecule has 1 unspecified atom stereocenters. The third kappa shape index (κ3) is 3.56. The van der Waals surface area contributed by atoms with Crippen LogP contribution in [0.2, 0.25) is 0 Å². The van der Waals surface area contributed by atoms with E-state index in [0.717, 1.165) is 30.5 Å². The average Bonchev–Trinajstić information content (AvgIpc) is 2.72. The van der Waals surface area contributed by atoms with Crippen LogP contribution in [0.5, 0.6) is 0 Å². The van der Waals surface area contributed by atoms with Crippen LogP contribution >= 0.6 is 15.9 Å². The van der Waals surface area contributed by atoms with E-state index in [1.165, 1.54) is 13.2 Å². The molecule has 1 atom stereocenters. The van der Waals surface area contributed by atoms with Crippen molar-refractivity contribution in [2.45, 2.75) is 12.5 Å². The van der Waals surface area contributed by atoms with Gasteiger partial charge in [0, 0.05) is 29.7 Å². The lowest BCUT2D eigenvalue weighted by Gasteiger charge is -2.28. The van der Waals surface area contributed by atoms with E-state index >= 15 is 0 Å². The average molecular weight is 345 g/mol. The Morgan fingerprint density at radius 3 is 3.00 bits per heavy atom. The topological polar surface area (TPSA) is 41.6 Å². The van der Waals surface area contributed by atoms with Gasteiger partial charge in [0.15, 0.2) is 0 Å². The van der Waals surface area contributed by atoms with Crippen molar-refractivity contribution in [2.24, 2.45) is 0 Å². The van der Waals surface area contributed by atoms with Crippen LogP contribution in [0.25, 0.3) is 0 Å². The van der Waals surface area contributed by atoms with E-state index in [-0.39, 0.29) is 5.82 Å². The van der Waals surface area contributed by atoms with Crippen molar-refractivity contribution in [1.29, 1.82) is 0 Å². The summed E-state index contributed by atoms with van der Waals surface area (Å²) in [6.07, 6.45) is 0.920. The Hall–Kier alpha value is -0.980. The zero-order valence-corrected chi connectivity index (χ0v) is 13.0. The molecule has 1 saturated heterocycles. The summed E-state index contributed by atoms with van der Waals surface area (Å²) < 4.78 is 19.7. The third-order valence-corrected chi connectivity index (χ3v) is 3.91. The molecule has 0 spiro atoms. The number of hydrogen-bond donors (Lipinski definition) is 1. The predicted molar refractivity (Wildman–Crippen MR) is 77.9 cm³/mol. The normalized spacial score (nSPS) is 18.4. The number of benzene rings is 1. The second-order valence-corrected chi connectivity index (χ2v) is 5.65. The van der Waals surface area contributed by atoms with Crippen LogP contribution in [-0.2, 0) is 9.53 Å². The van der Waals surface area contributed by atoms with Crippen LogP contribution in [0, 0.1) is 5.82 Å². The first-order chi connectivity index (χ1) is 9.63. The lowest BCUT2D eigenvalue weighted by molar-refractivity contribution is -0.147. The first-order valence-electron chi connectivity index (χ1n) is 6.61. The van der Waals surface area contributed by atoms with E-state index in [1.807, 2.05) is 4.90 Å². The molecule has 0 aliphatic carbocycles. The molecule has 0 amide bonds. The molecule has 0 saturated carbocycles. The van der Waals surface area contributed by atoms with E-state index in [0.29, 0.717) is 12.1 Å². The van der Waals surface area contributed by atoms with Gasteiger partial charge in [-0.3, -0.25) is 4.90 Å². The maximum Gasteiger partial charge on any atom is 0.327 e. The van der Waals surface area contributed by atoms with Gasteiger partial charge < -0.3 is 10.1 Å². The molecule has 1 fully saturated rings. The second-order valence-electron chi connectivity index (χ2n) is 4.73. The summed E-state index contributed by atoms with van der Waals surface area (Å²) in [5.41, 5.74) is 0.355. The molecule has 1 aliphatic heterocycles. The lowest BCUT2D eigenvalue weighted by Crippen LogP contribution is -2.37. The maximum absolute atomic E-state index is 14.1. The number of carbonyl (C=O) groups excluding carboxylic acids is 1. The van der Waals surface area contributed by atoms with Gasteiger partial charge in [0.1, 0.15) is 11.9 Å². The molecule has 1 aliphatic rings. The number of rotatable bonds is 3. The lowest BCUT2D eigenvalue weighted by atomic mass is 10.0. The highest BCUT2D eigenvalue weighted by molar-refractivity contribution is 9.10. The number of esters is 1. The molecule has 1 N–H and O–H groups in total. The van der Waals surface area contributed by atoms with Gasteiger partial charge in [-0.05, 0) is 31.2 Å². The monoisotopic (exact) mass is 344 g/mol. The Labute approximate surface area is 126 Å². The van der Waals surface area contributed by atoms with Gasteiger partial charge in [0.2, 0.25) is 0 Å². The van der Waals surface area contributed by atoms with Crippen molar-refractivity contribution in [2.75, 3.05) is 33.3 Å². The Bertz CT molecular complexity index is 476. The molecule has 20 heavy (non-hydrogen) atoms. The highest BCUT2D eigenvalue weighted by atomic mass is 79.9. The molecule has 0 radical (unpaired) electrons. The molecule has 1 heterocycles. The van der Waals surface area contributed by atoms with Gasteiger partial charge in [-0.1, -0.05) is 15.9 Å². The third-order valence-electron chi connectivity index (χ3n) is 3.42. The van der Waals surface area contributed by atoms with Gasteiger partial charge >= 0.3 is 5.97 Å². The number of nitrogens with zero attached hydrogens (tertiary/aromatic N) is 1. The Morgan fingerprint density at radius 1 is 1.45 bits per heavy atom. The molecular weight excluding hydrogens is 327 g/mol. The van der Waals surface area contributed by atoms with E-state index in [4.69, 9.17) is 4.74 Å². The summed E-state index contributed by atoms with van der Waals surface area (Å²) in [5, 5.41) is 3.27. The van der Waals surface area contributed by atoms with Gasteiger partial charge in [-0.2, -0.15) is 0 Å². The summed E-state index contributed by atoms with van der Waals surface area (Å²) in [5.74, 6) is -0.815. The quantitative estimate of drug-likeness (QED) is 0.852. The van der Waals surface area contributed by atoms with Crippen molar-refractivity contribution < 1.29 is 13.9 Å². The second kappa shape index (κ2) is 7.15. The number of hydrogen-bond acceptors (Lipinski definition) is 4. The summed E-state index contributed by atoms with van der Waals surface area (Å²) in [7, 11) is 1.33. The standard InChI is InChI=1S/C14H18BrFN2O2/c1-20-14(19)13(18-7-2-5-17-6-8-18)11-9-10(15)3-4-12(11)16/h3-4,9,13,17H,2,5-8H2,1H3. The molecule has 0 bridgehead atoms. The zero-order chi connectivity index (χ0) is 14.5. The highest BCUT2D eigenvalue weighted by Gasteiger charge is 2.31. The Morgan fingerprint density at radius 2 is 2.25 bits per heavy atom. The van der Waals surface area contributed by atoms with Crippen LogP contribution in [0.4, 0.5) is 4.39 Å². The minimum Gasteiger partial charge on any atom is -0.468 e. The van der Waals surface area contributed by atoms with Crippen molar-refractivity contribution in [3.05, 3.63) is 34.1 Å². The van der Waals surface area contributed by atoms with Crippen molar-refractivity contribution >= 4 is 21.9 Å². The van der Waals surface area contributed by atoms with Gasteiger partial charge in [-0.25, -0.2) is 9.18 Å². The van der Waals surface area contributed by atoms with Gasteiger partial charge in [0.05, 0.1) is 7.11 Å². The zero-order valence-electron chi connectivity index (χ0n) is 11.4. The molecular formula is C14H18BrFN2O2. The van der Waals surface area contributed by atoms with E-state index in [1.54, 1.807) is 12.1 Å². The molecule has 6 heteroatoms. The van der Waals surface area contributed by atoms with Crippen LogP contribution in [0.15, 0.2) is 22.7 Å². The van der Waals surface area contributed by atoms with Gasteiger partial charge in [-0.15, -0.1) is 0 Å². The van der Waals surface area contributed by atoms with E-state index in [9.17, 15) is 9.18 Å². The SMILES string of the molecule is COC(=O)C(c1cc(Br)ccc1F)N1CCCNCC1. The van der Waals surface area contributed by atoms with Crippen LogP contribution in [0.3, 0.4) is 0 Å². The molecule has 0 aromatic heterocycles. The molecule has 110 valence electrons. The number of carbonyl (C=O) groups is 1. The number of halogens is 2. The number of methoxy groups -OCH3 is 1. The Kier molecular flexibility index (Phi) is 5.51. The largest absolute Gasteiger partial charge is 0.468 e. The smallest absolute Gasteiger partial charge is 0.327 e. The van der Waals surface area contributed by atoms with Gasteiger partial charge in [0.25, 0.3) is 0 Å². The Balaban J connectivity index is 2.35. The first kappa shape index (κ1) is 15.4. The highest BCUT2D eigenvalue weighted by Crippen LogP contribution is 2.28. The van der Waals surface area contributed by atoms with E-state index in [2.05, 4.69) is 21.2 Å². The predicted octanol–water partition coefficient (Wildman–Crippen LogP) is 2.10. The van der Waals surface area contributed by atoms with Crippen molar-refractivity contribution in [3.8, 4) is 0 Å². The summed E-state index contributed by atoms with van der Waals surface area (Å²) >= 11 is 3.33. The van der Waals surface area contributed by atoms with Crippen LogP contribution in [-0.4, -0.2) is 44.2 Å². The van der Waals surface area contributed by atoms with E-state index < -0.39 is 12.0 Å².